The van der Waals surface area contributed by atoms with E-state index in [2.05, 4.69) is 17.1 Å². The number of benzene rings is 1. The molecule has 0 radical (unpaired) electrons. The second-order valence-corrected chi connectivity index (χ2v) is 4.82. The highest BCUT2D eigenvalue weighted by atomic mass is 32.1. The van der Waals surface area contributed by atoms with Gasteiger partial charge in [-0.1, -0.05) is 30.3 Å². The van der Waals surface area contributed by atoms with E-state index < -0.39 is 0 Å². The van der Waals surface area contributed by atoms with E-state index in [-0.39, 0.29) is 6.10 Å². The van der Waals surface area contributed by atoms with Gasteiger partial charge in [0.25, 0.3) is 0 Å². The maximum atomic E-state index is 9.86. The molecule has 0 aliphatic carbocycles. The molecule has 0 fully saturated rings. The number of thiazole rings is 1. The third-order valence-electron chi connectivity index (χ3n) is 2.53. The maximum absolute atomic E-state index is 9.86. The van der Waals surface area contributed by atoms with Crippen LogP contribution in [0.2, 0.25) is 0 Å². The van der Waals surface area contributed by atoms with Gasteiger partial charge in [-0.2, -0.15) is 0 Å². The van der Waals surface area contributed by atoms with E-state index in [0.29, 0.717) is 0 Å². The van der Waals surface area contributed by atoms with Crippen molar-refractivity contribution in [3.8, 4) is 0 Å². The normalized spacial score (nSPS) is 12.6. The van der Waals surface area contributed by atoms with Gasteiger partial charge in [-0.15, -0.1) is 11.3 Å². The smallest absolute Gasteiger partial charge is 0.0794 e. The molecule has 1 atom stereocenters. The van der Waals surface area contributed by atoms with Crippen LogP contribution in [0.5, 0.6) is 0 Å². The van der Waals surface area contributed by atoms with Crippen LogP contribution < -0.4 is 0 Å². The van der Waals surface area contributed by atoms with Crippen molar-refractivity contribution < 1.29 is 5.11 Å². The molecule has 0 bridgehead atoms. The van der Waals surface area contributed by atoms with Crippen molar-refractivity contribution in [3.05, 3.63) is 52.5 Å². The lowest BCUT2D eigenvalue weighted by Gasteiger charge is -2.08. The second kappa shape index (κ2) is 5.77. The minimum absolute atomic E-state index is 0.263. The monoisotopic (exact) mass is 233 g/mol. The van der Waals surface area contributed by atoms with Gasteiger partial charge in [-0.25, -0.2) is 0 Å². The third kappa shape index (κ3) is 3.43. The average Bonchev–Trinajstić information content (AvgIpc) is 2.81. The molecule has 0 aliphatic rings. The van der Waals surface area contributed by atoms with E-state index in [1.54, 1.807) is 16.8 Å². The molecule has 1 heterocycles. The van der Waals surface area contributed by atoms with Crippen LogP contribution in [-0.4, -0.2) is 16.2 Å². The molecule has 1 aromatic carbocycles. The summed E-state index contributed by atoms with van der Waals surface area (Å²) in [5.74, 6) is 0. The Morgan fingerprint density at radius 1 is 1.25 bits per heavy atom. The van der Waals surface area contributed by atoms with Crippen molar-refractivity contribution in [1.29, 1.82) is 0 Å². The zero-order chi connectivity index (χ0) is 11.2. The summed E-state index contributed by atoms with van der Waals surface area (Å²) < 4.78 is 0. The fourth-order valence-electron chi connectivity index (χ4n) is 1.66. The highest BCUT2D eigenvalue weighted by molar-refractivity contribution is 7.09. The Kier molecular flexibility index (Phi) is 4.08. The summed E-state index contributed by atoms with van der Waals surface area (Å²) in [5, 5.41) is 9.86. The Hall–Kier alpha value is -1.19. The first-order valence-corrected chi connectivity index (χ1v) is 6.32. The fraction of sp³-hybridized carbons (Fsp3) is 0.308. The molecule has 0 spiro atoms. The third-order valence-corrected chi connectivity index (χ3v) is 3.33. The first kappa shape index (κ1) is 11.3. The topological polar surface area (TPSA) is 33.1 Å². The van der Waals surface area contributed by atoms with Crippen LogP contribution in [0.3, 0.4) is 0 Å². The molecule has 0 saturated carbocycles. The Bertz CT molecular complexity index is 399. The number of hydrogen-bond donors (Lipinski definition) is 1. The van der Waals surface area contributed by atoms with Gasteiger partial charge in [0.2, 0.25) is 0 Å². The number of aromatic nitrogens is 1. The average molecular weight is 233 g/mol. The van der Waals surface area contributed by atoms with Gasteiger partial charge in [-0.3, -0.25) is 4.98 Å². The number of hydrogen-bond acceptors (Lipinski definition) is 3. The Balaban J connectivity index is 1.78. The van der Waals surface area contributed by atoms with Gasteiger partial charge >= 0.3 is 0 Å². The Morgan fingerprint density at radius 3 is 2.75 bits per heavy atom. The second-order valence-electron chi connectivity index (χ2n) is 3.85. The molecule has 0 amide bonds. The summed E-state index contributed by atoms with van der Waals surface area (Å²) in [6.45, 7) is 0. The van der Waals surface area contributed by atoms with Crippen LogP contribution in [0, 0.1) is 0 Å². The van der Waals surface area contributed by atoms with Crippen LogP contribution in [0.4, 0.5) is 0 Å². The van der Waals surface area contributed by atoms with Gasteiger partial charge < -0.3 is 5.11 Å². The SMILES string of the molecule is OC(CCc1ccccc1)Cc1cncs1. The minimum atomic E-state index is -0.263. The molecule has 3 heteroatoms. The molecule has 2 aromatic rings. The minimum Gasteiger partial charge on any atom is -0.393 e. The molecular formula is C13H15NOS. The summed E-state index contributed by atoms with van der Waals surface area (Å²) in [5.41, 5.74) is 3.09. The van der Waals surface area contributed by atoms with E-state index >= 15 is 0 Å². The number of aliphatic hydroxyl groups is 1. The van der Waals surface area contributed by atoms with E-state index in [9.17, 15) is 5.11 Å². The molecule has 2 nitrogen and oxygen atoms in total. The van der Waals surface area contributed by atoms with E-state index in [1.807, 2.05) is 24.4 Å². The van der Waals surface area contributed by atoms with Crippen LogP contribution in [0.15, 0.2) is 42.0 Å². The summed E-state index contributed by atoms with van der Waals surface area (Å²) in [7, 11) is 0. The van der Waals surface area contributed by atoms with Gasteiger partial charge in [-0.05, 0) is 18.4 Å². The summed E-state index contributed by atoms with van der Waals surface area (Å²) in [4.78, 5) is 5.15. The van der Waals surface area contributed by atoms with Crippen molar-refractivity contribution in [2.75, 3.05) is 0 Å². The summed E-state index contributed by atoms with van der Waals surface area (Å²) >= 11 is 1.60. The van der Waals surface area contributed by atoms with E-state index in [1.165, 1.54) is 5.56 Å². The fourth-order valence-corrected chi connectivity index (χ4v) is 2.32. The molecule has 16 heavy (non-hydrogen) atoms. The van der Waals surface area contributed by atoms with Gasteiger partial charge in [0.1, 0.15) is 0 Å². The number of aryl methyl sites for hydroxylation is 1. The van der Waals surface area contributed by atoms with Crippen LogP contribution in [0.1, 0.15) is 16.9 Å². The van der Waals surface area contributed by atoms with Crippen LogP contribution in [0.25, 0.3) is 0 Å². The number of rotatable bonds is 5. The predicted octanol–water partition coefficient (Wildman–Crippen LogP) is 2.68. The van der Waals surface area contributed by atoms with Gasteiger partial charge in [0.15, 0.2) is 0 Å². The molecule has 1 N–H and O–H groups in total. The zero-order valence-electron chi connectivity index (χ0n) is 9.04. The van der Waals surface area contributed by atoms with Crippen molar-refractivity contribution in [1.82, 2.24) is 4.98 Å². The first-order valence-electron chi connectivity index (χ1n) is 5.44. The van der Waals surface area contributed by atoms with Crippen LogP contribution >= 0.6 is 11.3 Å². The van der Waals surface area contributed by atoms with Crippen molar-refractivity contribution in [2.45, 2.75) is 25.4 Å². The predicted molar refractivity (Wildman–Crippen MR) is 66.6 cm³/mol. The quantitative estimate of drug-likeness (QED) is 0.861. The Morgan fingerprint density at radius 2 is 2.06 bits per heavy atom. The molecule has 1 unspecified atom stereocenters. The number of nitrogens with zero attached hydrogens (tertiary/aromatic N) is 1. The molecule has 2 rings (SSSR count). The molecule has 1 aromatic heterocycles. The highest BCUT2D eigenvalue weighted by Crippen LogP contribution is 2.12. The maximum Gasteiger partial charge on any atom is 0.0794 e. The number of aliphatic hydroxyl groups excluding tert-OH is 1. The molecule has 0 saturated heterocycles. The highest BCUT2D eigenvalue weighted by Gasteiger charge is 2.06. The lowest BCUT2D eigenvalue weighted by atomic mass is 10.0. The van der Waals surface area contributed by atoms with E-state index in [0.717, 1.165) is 24.1 Å². The zero-order valence-corrected chi connectivity index (χ0v) is 9.86. The van der Waals surface area contributed by atoms with Crippen molar-refractivity contribution in [3.63, 3.8) is 0 Å². The van der Waals surface area contributed by atoms with Crippen molar-refractivity contribution >= 4 is 11.3 Å². The Labute approximate surface area is 99.6 Å². The largest absolute Gasteiger partial charge is 0.393 e. The lowest BCUT2D eigenvalue weighted by molar-refractivity contribution is 0.166. The standard InChI is InChI=1S/C13H15NOS/c15-12(8-13-9-14-10-16-13)7-6-11-4-2-1-3-5-11/h1-5,9-10,12,15H,6-8H2. The lowest BCUT2D eigenvalue weighted by Crippen LogP contribution is -2.10. The summed E-state index contributed by atoms with van der Waals surface area (Å²) in [6.07, 6.45) is 4.03. The van der Waals surface area contributed by atoms with Crippen molar-refractivity contribution in [2.24, 2.45) is 0 Å². The summed E-state index contributed by atoms with van der Waals surface area (Å²) in [6, 6.07) is 10.3. The van der Waals surface area contributed by atoms with E-state index in [4.69, 9.17) is 0 Å². The molecule has 0 aliphatic heterocycles. The van der Waals surface area contributed by atoms with Gasteiger partial charge in [0.05, 0.1) is 11.6 Å². The first-order chi connectivity index (χ1) is 7.84. The molecule has 84 valence electrons. The van der Waals surface area contributed by atoms with Crippen LogP contribution in [-0.2, 0) is 12.8 Å². The van der Waals surface area contributed by atoms with Gasteiger partial charge in [0, 0.05) is 17.5 Å². The molecular weight excluding hydrogens is 218 g/mol.